The third-order valence-corrected chi connectivity index (χ3v) is 5.02. The maximum Gasteiger partial charge on any atom is 0.306 e. The number of nitrogens with one attached hydrogen (secondary N) is 2. The number of hydrogen-bond donors (Lipinski definition) is 3. The molecular formula is C22H30ClN3O3. The van der Waals surface area contributed by atoms with Crippen LogP contribution in [0.25, 0.3) is 0 Å². The maximum atomic E-state index is 12.3. The summed E-state index contributed by atoms with van der Waals surface area (Å²) in [5, 5.41) is 11.6. The molecule has 1 aliphatic carbocycles. The number of esters is 1. The van der Waals surface area contributed by atoms with Crippen molar-refractivity contribution in [3.63, 3.8) is 0 Å². The summed E-state index contributed by atoms with van der Waals surface area (Å²) in [5.74, 6) is -0.388. The predicted octanol–water partition coefficient (Wildman–Crippen LogP) is 4.11. The van der Waals surface area contributed by atoms with Gasteiger partial charge in [-0.1, -0.05) is 23.7 Å². The van der Waals surface area contributed by atoms with Gasteiger partial charge in [0.25, 0.3) is 5.91 Å². The van der Waals surface area contributed by atoms with Crippen LogP contribution in [0.3, 0.4) is 0 Å². The topological polar surface area (TPSA) is 105 Å². The van der Waals surface area contributed by atoms with Crippen molar-refractivity contribution in [2.75, 3.05) is 0 Å². The minimum atomic E-state index is -0.482. The van der Waals surface area contributed by atoms with E-state index in [1.807, 2.05) is 32.9 Å². The molecule has 0 radical (unpaired) electrons. The lowest BCUT2D eigenvalue weighted by molar-refractivity contribution is -0.155. The molecular weight excluding hydrogens is 390 g/mol. The Hall–Kier alpha value is -2.34. The van der Waals surface area contributed by atoms with E-state index in [0.29, 0.717) is 48.5 Å². The first-order valence-electron chi connectivity index (χ1n) is 9.86. The Morgan fingerprint density at radius 1 is 1.28 bits per heavy atom. The van der Waals surface area contributed by atoms with Gasteiger partial charge in [0, 0.05) is 29.3 Å². The third kappa shape index (κ3) is 7.54. The van der Waals surface area contributed by atoms with E-state index >= 15 is 0 Å². The number of hydrogen-bond acceptors (Lipinski definition) is 5. The Morgan fingerprint density at radius 2 is 1.93 bits per heavy atom. The van der Waals surface area contributed by atoms with Gasteiger partial charge in [0.05, 0.1) is 0 Å². The first kappa shape index (κ1) is 22.9. The number of benzene rings is 1. The van der Waals surface area contributed by atoms with Gasteiger partial charge in [-0.25, -0.2) is 0 Å². The average molecular weight is 420 g/mol. The molecule has 29 heavy (non-hydrogen) atoms. The molecule has 0 saturated heterocycles. The predicted molar refractivity (Wildman–Crippen MR) is 115 cm³/mol. The van der Waals surface area contributed by atoms with Gasteiger partial charge in [0.15, 0.2) is 0 Å². The van der Waals surface area contributed by atoms with Crippen LogP contribution in [-0.4, -0.2) is 23.2 Å². The number of ether oxygens (including phenoxy) is 1. The van der Waals surface area contributed by atoms with Crippen LogP contribution in [0.1, 0.15) is 58.4 Å². The Morgan fingerprint density at radius 3 is 2.52 bits per heavy atom. The molecule has 1 amide bonds. The first-order chi connectivity index (χ1) is 13.5. The molecule has 1 aromatic carbocycles. The van der Waals surface area contributed by atoms with Gasteiger partial charge in [-0.2, -0.15) is 0 Å². The molecule has 7 heteroatoms. The lowest BCUT2D eigenvalue weighted by atomic mass is 9.83. The van der Waals surface area contributed by atoms with Gasteiger partial charge in [0.1, 0.15) is 11.3 Å². The first-order valence-corrected chi connectivity index (χ1v) is 10.2. The van der Waals surface area contributed by atoms with Gasteiger partial charge in [-0.3, -0.25) is 15.0 Å². The number of halogens is 1. The molecule has 0 fully saturated rings. The Balaban J connectivity index is 1.84. The smallest absolute Gasteiger partial charge is 0.306 e. The molecule has 1 unspecified atom stereocenters. The molecule has 0 aromatic heterocycles. The second kappa shape index (κ2) is 9.92. The van der Waals surface area contributed by atoms with Crippen molar-refractivity contribution in [2.24, 2.45) is 11.7 Å². The van der Waals surface area contributed by atoms with Crippen LogP contribution in [0, 0.1) is 11.3 Å². The van der Waals surface area contributed by atoms with Crippen LogP contribution in [-0.2, 0) is 20.9 Å². The van der Waals surface area contributed by atoms with Crippen LogP contribution < -0.4 is 11.1 Å². The van der Waals surface area contributed by atoms with Gasteiger partial charge in [-0.05, 0) is 70.1 Å². The van der Waals surface area contributed by atoms with Gasteiger partial charge < -0.3 is 15.8 Å². The Labute approximate surface area is 177 Å². The van der Waals surface area contributed by atoms with E-state index in [4.69, 9.17) is 27.5 Å². The van der Waals surface area contributed by atoms with Crippen LogP contribution in [0.15, 0.2) is 35.5 Å². The van der Waals surface area contributed by atoms with Gasteiger partial charge in [-0.15, -0.1) is 0 Å². The summed E-state index contributed by atoms with van der Waals surface area (Å²) >= 11 is 5.85. The van der Waals surface area contributed by atoms with E-state index in [1.54, 1.807) is 12.1 Å². The fourth-order valence-electron chi connectivity index (χ4n) is 3.30. The number of allylic oxidation sites excluding steroid dienone is 1. The molecule has 6 nitrogen and oxygen atoms in total. The highest BCUT2D eigenvalue weighted by Crippen LogP contribution is 2.31. The van der Waals surface area contributed by atoms with Gasteiger partial charge >= 0.3 is 5.97 Å². The lowest BCUT2D eigenvalue weighted by Gasteiger charge is -2.26. The van der Waals surface area contributed by atoms with Crippen molar-refractivity contribution < 1.29 is 14.3 Å². The SMILES string of the molecule is CC(C)(C)OC(=O)CCC1CCC(C(=N)C(=O)NCc2ccc(Cl)cc2)=C(N)C1. The summed E-state index contributed by atoms with van der Waals surface area (Å²) in [5.41, 5.74) is 7.68. The molecule has 0 saturated carbocycles. The lowest BCUT2D eigenvalue weighted by Crippen LogP contribution is -2.33. The molecule has 0 spiro atoms. The summed E-state index contributed by atoms with van der Waals surface area (Å²) in [6, 6.07) is 7.17. The molecule has 2 rings (SSSR count). The van der Waals surface area contributed by atoms with E-state index in [9.17, 15) is 9.59 Å². The number of rotatable bonds is 7. The van der Waals surface area contributed by atoms with Crippen LogP contribution >= 0.6 is 11.6 Å². The molecule has 1 atom stereocenters. The highest BCUT2D eigenvalue weighted by Gasteiger charge is 2.26. The Bertz CT molecular complexity index is 795. The fraction of sp³-hybridized carbons (Fsp3) is 0.500. The second-order valence-electron chi connectivity index (χ2n) is 8.42. The zero-order valence-corrected chi connectivity index (χ0v) is 18.1. The average Bonchev–Trinajstić information content (AvgIpc) is 2.64. The normalized spacial score (nSPS) is 17.0. The highest BCUT2D eigenvalue weighted by atomic mass is 35.5. The van der Waals surface area contributed by atoms with Crippen molar-refractivity contribution in [3.8, 4) is 0 Å². The monoisotopic (exact) mass is 419 g/mol. The largest absolute Gasteiger partial charge is 0.460 e. The Kier molecular flexibility index (Phi) is 7.85. The van der Waals surface area contributed by atoms with Crippen molar-refractivity contribution >= 4 is 29.2 Å². The molecule has 4 N–H and O–H groups in total. The zero-order valence-electron chi connectivity index (χ0n) is 17.3. The number of amides is 1. The van der Waals surface area contributed by atoms with Gasteiger partial charge in [0.2, 0.25) is 0 Å². The molecule has 0 aliphatic heterocycles. The quantitative estimate of drug-likeness (QED) is 0.456. The van der Waals surface area contributed by atoms with Crippen LogP contribution in [0.5, 0.6) is 0 Å². The summed E-state index contributed by atoms with van der Waals surface area (Å²) < 4.78 is 5.34. The summed E-state index contributed by atoms with van der Waals surface area (Å²) in [4.78, 5) is 24.2. The van der Waals surface area contributed by atoms with E-state index in [1.165, 1.54) is 0 Å². The van der Waals surface area contributed by atoms with Crippen LogP contribution in [0.2, 0.25) is 5.02 Å². The van der Waals surface area contributed by atoms with Crippen LogP contribution in [0.4, 0.5) is 0 Å². The van der Waals surface area contributed by atoms with E-state index in [2.05, 4.69) is 5.32 Å². The second-order valence-corrected chi connectivity index (χ2v) is 8.86. The minimum Gasteiger partial charge on any atom is -0.460 e. The third-order valence-electron chi connectivity index (χ3n) is 4.77. The maximum absolute atomic E-state index is 12.3. The summed E-state index contributed by atoms with van der Waals surface area (Å²) in [6.07, 6.45) is 3.00. The van der Waals surface area contributed by atoms with E-state index < -0.39 is 11.5 Å². The minimum absolute atomic E-state index is 0.0814. The molecule has 0 heterocycles. The van der Waals surface area contributed by atoms with E-state index in [0.717, 1.165) is 12.0 Å². The zero-order chi connectivity index (χ0) is 21.6. The molecule has 158 valence electrons. The van der Waals surface area contributed by atoms with Crippen molar-refractivity contribution in [3.05, 3.63) is 46.1 Å². The van der Waals surface area contributed by atoms with E-state index in [-0.39, 0.29) is 17.6 Å². The molecule has 0 bridgehead atoms. The van der Waals surface area contributed by atoms with Crippen molar-refractivity contribution in [1.82, 2.24) is 5.32 Å². The molecule has 1 aromatic rings. The highest BCUT2D eigenvalue weighted by molar-refractivity contribution is 6.44. The molecule has 1 aliphatic rings. The summed E-state index contributed by atoms with van der Waals surface area (Å²) in [6.45, 7) is 5.87. The fourth-order valence-corrected chi connectivity index (χ4v) is 3.43. The van der Waals surface area contributed by atoms with Crippen molar-refractivity contribution in [1.29, 1.82) is 5.41 Å². The van der Waals surface area contributed by atoms with Crippen molar-refractivity contribution in [2.45, 2.75) is 65.0 Å². The number of nitrogens with two attached hydrogens (primary N) is 1. The standard InChI is InChI=1S/C22H30ClN3O3/c1-22(2,3)29-19(27)11-7-14-6-10-17(18(24)12-14)20(25)21(28)26-13-15-4-8-16(23)9-5-15/h4-5,8-9,14,25H,6-7,10-13,24H2,1-3H3,(H,26,28). The number of carbonyl (C=O) groups excluding carboxylic acids is 2. The summed E-state index contributed by atoms with van der Waals surface area (Å²) in [7, 11) is 0. The number of carbonyl (C=O) groups is 2.